The number of fused-ring (bicyclic) bond motifs is 1. The number of aliphatic hydroxyl groups excluding tert-OH is 5. The predicted octanol–water partition coefficient (Wildman–Crippen LogP) is -1.21. The van der Waals surface area contributed by atoms with Crippen molar-refractivity contribution in [3.8, 4) is 23.0 Å². The van der Waals surface area contributed by atoms with Gasteiger partial charge < -0.3 is 64.5 Å². The monoisotopic (exact) mass is 580 g/mol. The van der Waals surface area contributed by atoms with Crippen molar-refractivity contribution in [2.45, 2.75) is 61.0 Å². The molecule has 0 spiro atoms. The molecule has 2 aromatic carbocycles. The zero-order valence-electron chi connectivity index (χ0n) is 21.9. The van der Waals surface area contributed by atoms with Crippen molar-refractivity contribution in [3.63, 3.8) is 0 Å². The molecule has 3 heterocycles. The Kier molecular flexibility index (Phi) is 8.13. The van der Waals surface area contributed by atoms with Gasteiger partial charge >= 0.3 is 0 Å². The molecule has 0 amide bonds. The highest BCUT2D eigenvalue weighted by atomic mass is 16.7. The number of Topliss-reactive ketones (excluding diaryl/α,β-unsaturated/α-hetero) is 1. The Bertz CT molecular complexity index is 1270. The van der Waals surface area contributed by atoms with Gasteiger partial charge in [0.1, 0.15) is 76.9 Å². The molecule has 3 aliphatic rings. The van der Waals surface area contributed by atoms with E-state index in [1.54, 1.807) is 24.3 Å². The molecule has 3 aliphatic heterocycles. The second kappa shape index (κ2) is 11.3. The van der Waals surface area contributed by atoms with Crippen LogP contribution in [-0.4, -0.2) is 116 Å². The highest BCUT2D eigenvalue weighted by Crippen LogP contribution is 2.50. The molecule has 2 fully saturated rings. The summed E-state index contributed by atoms with van der Waals surface area (Å²) >= 11 is 0. The predicted molar refractivity (Wildman–Crippen MR) is 134 cm³/mol. The molecule has 2 saturated heterocycles. The molecule has 41 heavy (non-hydrogen) atoms. The summed E-state index contributed by atoms with van der Waals surface area (Å²) in [4.78, 5) is 13.2. The maximum atomic E-state index is 13.2. The van der Waals surface area contributed by atoms with Crippen LogP contribution in [0.2, 0.25) is 0 Å². The fourth-order valence-electron chi connectivity index (χ4n) is 5.31. The van der Waals surface area contributed by atoms with Crippen LogP contribution in [-0.2, 0) is 14.2 Å². The number of carbonyl (C=O) groups excluding carboxylic acids is 1. The van der Waals surface area contributed by atoms with Gasteiger partial charge in [-0.2, -0.15) is 0 Å². The van der Waals surface area contributed by atoms with Gasteiger partial charge in [-0.15, -0.1) is 0 Å². The summed E-state index contributed by atoms with van der Waals surface area (Å²) in [6.45, 7) is -2.15. The first-order valence-electron chi connectivity index (χ1n) is 12.9. The summed E-state index contributed by atoms with van der Waals surface area (Å²) in [7, 11) is 1.52. The lowest BCUT2D eigenvalue weighted by Gasteiger charge is -2.43. The number of methoxy groups -OCH3 is 1. The molecule has 0 bridgehead atoms. The summed E-state index contributed by atoms with van der Waals surface area (Å²) in [5, 5.41) is 83.8. The van der Waals surface area contributed by atoms with Crippen LogP contribution in [0.4, 0.5) is 0 Å². The highest BCUT2D eigenvalue weighted by Gasteiger charge is 2.54. The molecular formula is C27H32O14. The van der Waals surface area contributed by atoms with Crippen molar-refractivity contribution >= 4 is 5.78 Å². The first kappa shape index (κ1) is 29.4. The third-order valence-corrected chi connectivity index (χ3v) is 7.71. The lowest BCUT2D eigenvalue weighted by Crippen LogP contribution is -2.58. The van der Waals surface area contributed by atoms with Crippen LogP contribution in [0.25, 0.3) is 0 Å². The summed E-state index contributed by atoms with van der Waals surface area (Å²) in [6, 6.07) is 7.92. The molecule has 0 aromatic heterocycles. The molecule has 9 atom stereocenters. The summed E-state index contributed by atoms with van der Waals surface area (Å²) in [6.07, 6.45) is -12.5. The molecular weight excluding hydrogens is 548 g/mol. The van der Waals surface area contributed by atoms with Crippen molar-refractivity contribution < 1.29 is 69.3 Å². The number of hydrogen-bond donors (Lipinski definition) is 8. The minimum atomic E-state index is -2.05. The average molecular weight is 581 g/mol. The summed E-state index contributed by atoms with van der Waals surface area (Å²) in [5.41, 5.74) is -2.08. The number of rotatable bonds is 7. The van der Waals surface area contributed by atoms with Crippen molar-refractivity contribution in [2.24, 2.45) is 0 Å². The van der Waals surface area contributed by atoms with E-state index in [9.17, 15) is 45.6 Å². The SMILES string of the molecule is COc1ccc([C@@H]2CC(=O)c3c(cc(O)c([C@@H]4O[C@H](CO)[C@@H](O)[C@H](O[C@@H]5OC[C@](O)(CO)[C@H]5O)[C@H]4O)c3O)O2)cc1. The van der Waals surface area contributed by atoms with Gasteiger partial charge in [-0.25, -0.2) is 0 Å². The third-order valence-electron chi connectivity index (χ3n) is 7.71. The van der Waals surface area contributed by atoms with Gasteiger partial charge in [0.05, 0.1) is 38.9 Å². The quantitative estimate of drug-likeness (QED) is 0.192. The number of phenolic OH excluding ortho intramolecular Hbond substituents is 2. The van der Waals surface area contributed by atoms with Crippen LogP contribution in [0.15, 0.2) is 30.3 Å². The van der Waals surface area contributed by atoms with Crippen LogP contribution in [0.1, 0.15) is 40.1 Å². The van der Waals surface area contributed by atoms with Crippen LogP contribution in [0.3, 0.4) is 0 Å². The standard InChI is InChI=1S/C27H32O14/c1-37-12-4-2-11(3-5-12)15-6-13(30)18-16(39-15)7-14(31)19(21(18)33)23-22(34)24(20(32)17(8-28)40-23)41-26-25(35)27(36,9-29)10-38-26/h2-5,7,15,17,20,22-26,28-29,31-36H,6,8-10H2,1H3/t15-,17+,20+,22-,23-,24-,25-,26-,27+/m0/s1. The highest BCUT2D eigenvalue weighted by molar-refractivity contribution is 6.03. The van der Waals surface area contributed by atoms with E-state index in [0.29, 0.717) is 11.3 Å². The Balaban J connectivity index is 1.45. The fourth-order valence-corrected chi connectivity index (χ4v) is 5.31. The van der Waals surface area contributed by atoms with Gasteiger partial charge in [-0.3, -0.25) is 4.79 Å². The van der Waals surface area contributed by atoms with Crippen molar-refractivity contribution in [3.05, 3.63) is 47.0 Å². The number of benzene rings is 2. The van der Waals surface area contributed by atoms with Crippen LogP contribution in [0.5, 0.6) is 23.0 Å². The van der Waals surface area contributed by atoms with E-state index in [2.05, 4.69) is 0 Å². The number of aromatic hydroxyl groups is 2. The van der Waals surface area contributed by atoms with E-state index in [4.69, 9.17) is 23.7 Å². The second-order valence-corrected chi connectivity index (χ2v) is 10.3. The van der Waals surface area contributed by atoms with Crippen LogP contribution in [0, 0.1) is 0 Å². The Hall–Kier alpha value is -3.05. The normalized spacial score (nSPS) is 35.1. The van der Waals surface area contributed by atoms with E-state index in [-0.39, 0.29) is 17.7 Å². The average Bonchev–Trinajstić information content (AvgIpc) is 3.25. The smallest absolute Gasteiger partial charge is 0.187 e. The molecule has 5 rings (SSSR count). The van der Waals surface area contributed by atoms with Crippen molar-refractivity contribution in [1.82, 2.24) is 0 Å². The molecule has 0 saturated carbocycles. The Labute approximate surface area is 233 Å². The van der Waals surface area contributed by atoms with E-state index in [1.165, 1.54) is 7.11 Å². The lowest BCUT2D eigenvalue weighted by molar-refractivity contribution is -0.286. The van der Waals surface area contributed by atoms with Gasteiger partial charge in [0.2, 0.25) is 0 Å². The molecule has 0 unspecified atom stereocenters. The minimum absolute atomic E-state index is 0.108. The summed E-state index contributed by atoms with van der Waals surface area (Å²) in [5.74, 6) is -1.38. The largest absolute Gasteiger partial charge is 0.507 e. The maximum Gasteiger partial charge on any atom is 0.187 e. The fraction of sp³-hybridized carbons (Fsp3) is 0.519. The molecule has 0 aliphatic carbocycles. The topological polar surface area (TPSA) is 225 Å². The zero-order valence-corrected chi connectivity index (χ0v) is 21.9. The lowest BCUT2D eigenvalue weighted by atomic mass is 9.87. The van der Waals surface area contributed by atoms with E-state index in [0.717, 1.165) is 6.07 Å². The van der Waals surface area contributed by atoms with E-state index in [1.807, 2.05) is 0 Å². The Morgan fingerprint density at radius 2 is 1.78 bits per heavy atom. The number of aliphatic hydroxyl groups is 6. The van der Waals surface area contributed by atoms with E-state index >= 15 is 0 Å². The van der Waals surface area contributed by atoms with Crippen LogP contribution < -0.4 is 9.47 Å². The summed E-state index contributed by atoms with van der Waals surface area (Å²) < 4.78 is 27.5. The molecule has 224 valence electrons. The molecule has 14 nitrogen and oxygen atoms in total. The molecule has 0 radical (unpaired) electrons. The minimum Gasteiger partial charge on any atom is -0.507 e. The molecule has 14 heteroatoms. The maximum absolute atomic E-state index is 13.2. The van der Waals surface area contributed by atoms with Crippen LogP contribution >= 0.6 is 0 Å². The number of ketones is 1. The third kappa shape index (κ3) is 5.11. The van der Waals surface area contributed by atoms with Crippen molar-refractivity contribution in [2.75, 3.05) is 26.9 Å². The first-order chi connectivity index (χ1) is 19.5. The molecule has 2 aromatic rings. The Morgan fingerprint density at radius 1 is 1.07 bits per heavy atom. The number of ether oxygens (including phenoxy) is 5. The second-order valence-electron chi connectivity index (χ2n) is 10.3. The number of carbonyl (C=O) groups is 1. The van der Waals surface area contributed by atoms with Gasteiger partial charge in [0, 0.05) is 6.07 Å². The van der Waals surface area contributed by atoms with Gasteiger partial charge in [-0.05, 0) is 17.7 Å². The van der Waals surface area contributed by atoms with Gasteiger partial charge in [0.15, 0.2) is 12.1 Å². The Morgan fingerprint density at radius 3 is 2.39 bits per heavy atom. The van der Waals surface area contributed by atoms with Gasteiger partial charge in [0.25, 0.3) is 0 Å². The first-order valence-corrected chi connectivity index (χ1v) is 12.9. The van der Waals surface area contributed by atoms with Gasteiger partial charge in [-0.1, -0.05) is 12.1 Å². The number of hydrogen-bond acceptors (Lipinski definition) is 14. The number of phenols is 2. The van der Waals surface area contributed by atoms with E-state index < -0.39 is 97.3 Å². The van der Waals surface area contributed by atoms with Crippen molar-refractivity contribution in [1.29, 1.82) is 0 Å². The zero-order chi connectivity index (χ0) is 29.6. The molecule has 8 N–H and O–H groups in total.